The van der Waals surface area contributed by atoms with E-state index in [4.69, 9.17) is 34.4 Å². The maximum absolute atomic E-state index is 13.4. The number of H-pyrrole nitrogens is 1. The Hall–Kier alpha value is -3.12. The molecule has 0 bridgehead atoms. The molecule has 7 N–H and O–H groups in total. The van der Waals surface area contributed by atoms with Gasteiger partial charge < -0.3 is 40.0 Å². The van der Waals surface area contributed by atoms with Crippen LogP contribution in [0.2, 0.25) is 0 Å². The van der Waals surface area contributed by atoms with Gasteiger partial charge in [-0.3, -0.25) is 14.5 Å². The third-order valence-corrected chi connectivity index (χ3v) is 12.3. The Morgan fingerprint density at radius 2 is 1.57 bits per heavy atom. The van der Waals surface area contributed by atoms with Crippen LogP contribution < -0.4 is 10.5 Å². The number of amidine groups is 1. The van der Waals surface area contributed by atoms with Gasteiger partial charge in [-0.05, 0) is 63.9 Å². The molecule has 1 unspecified atom stereocenters. The van der Waals surface area contributed by atoms with Gasteiger partial charge in [-0.2, -0.15) is 5.26 Å². The van der Waals surface area contributed by atoms with Crippen molar-refractivity contribution in [2.45, 2.75) is 199 Å². The molecule has 338 valence electrons. The standard InChI is InChI=1S/C45H74N5O9P/c1-6-7-8-9-10-11-12-13-14-15-16-17-18-19-20-21-22-23-37(55-30-35-24-25-36(29-46)40(28-35)57-33(2)3)31-56-60(53,54)59-34(4)45(5)43(52)41(51)42(58-45)38-26-27-39(50-38)44(48)49-32-47/h24-28,32-34,37,41-43,50-52H,6-23,30-31H2,1-5H3,(H,53,54)(H3,47,48,49)/t34-,37+,41-,42-,43-,45+/m0/s1. The predicted octanol–water partition coefficient (Wildman–Crippen LogP) is 9.69. The molecule has 1 fully saturated rings. The van der Waals surface area contributed by atoms with Gasteiger partial charge in [0, 0.05) is 5.69 Å². The Morgan fingerprint density at radius 1 is 0.983 bits per heavy atom. The molecule has 2 heterocycles. The maximum Gasteiger partial charge on any atom is 0.472 e. The van der Waals surface area contributed by atoms with Crippen molar-refractivity contribution in [3.8, 4) is 11.8 Å². The van der Waals surface area contributed by atoms with Gasteiger partial charge in [-0.1, -0.05) is 122 Å². The smallest absolute Gasteiger partial charge is 0.472 e. The number of nitrogens with zero attached hydrogens (tertiary/aromatic N) is 2. The number of aliphatic hydroxyl groups excluding tert-OH is 2. The van der Waals surface area contributed by atoms with Gasteiger partial charge in [0.1, 0.15) is 47.9 Å². The summed E-state index contributed by atoms with van der Waals surface area (Å²) in [5.41, 5.74) is 6.23. The van der Waals surface area contributed by atoms with E-state index in [2.05, 4.69) is 23.0 Å². The zero-order valence-corrected chi connectivity index (χ0v) is 37.7. The predicted molar refractivity (Wildman–Crippen MR) is 235 cm³/mol. The van der Waals surface area contributed by atoms with Crippen LogP contribution in [0.15, 0.2) is 35.3 Å². The van der Waals surface area contributed by atoms with Crippen molar-refractivity contribution in [2.24, 2.45) is 10.7 Å². The molecular weight excluding hydrogens is 785 g/mol. The molecule has 1 aliphatic heterocycles. The minimum Gasteiger partial charge on any atom is -0.490 e. The summed E-state index contributed by atoms with van der Waals surface area (Å²) in [6.45, 7) is 8.91. The fourth-order valence-electron chi connectivity index (χ4n) is 7.51. The topological polar surface area (TPSA) is 226 Å². The van der Waals surface area contributed by atoms with Crippen molar-refractivity contribution >= 4 is 20.0 Å². The molecule has 0 amide bonds. The molecule has 0 aliphatic carbocycles. The molecule has 15 heteroatoms. The number of phosphoric ester groups is 1. The quantitative estimate of drug-likeness (QED) is 0.0176. The number of benzene rings is 1. The number of nitrogens with two attached hydrogens (primary N) is 1. The second kappa shape index (κ2) is 27.0. The molecule has 2 aromatic rings. The van der Waals surface area contributed by atoms with Crippen molar-refractivity contribution in [3.05, 3.63) is 52.8 Å². The number of ether oxygens (including phenoxy) is 3. The van der Waals surface area contributed by atoms with Crippen LogP contribution in [0.4, 0.5) is 0 Å². The average Bonchev–Trinajstić information content (AvgIpc) is 3.79. The van der Waals surface area contributed by atoms with Crippen molar-refractivity contribution in [1.29, 1.82) is 10.7 Å². The highest BCUT2D eigenvalue weighted by atomic mass is 31.2. The molecular formula is C45H74N5O9P. The van der Waals surface area contributed by atoms with Crippen LogP contribution in [0.1, 0.15) is 179 Å². The fraction of sp³-hybridized carbons (Fsp3) is 0.711. The number of aliphatic hydroxyl groups is 2. The first kappa shape index (κ1) is 51.2. The highest BCUT2D eigenvalue weighted by Crippen LogP contribution is 2.50. The summed E-state index contributed by atoms with van der Waals surface area (Å²) in [4.78, 5) is 17.6. The van der Waals surface area contributed by atoms with Gasteiger partial charge in [-0.25, -0.2) is 9.56 Å². The van der Waals surface area contributed by atoms with Crippen LogP contribution in [0.5, 0.6) is 5.75 Å². The number of aromatic amines is 1. The molecule has 60 heavy (non-hydrogen) atoms. The number of aliphatic imine (C=N–C) groups is 1. The lowest BCUT2D eigenvalue weighted by Gasteiger charge is -2.34. The Kier molecular flexibility index (Phi) is 23.1. The van der Waals surface area contributed by atoms with Gasteiger partial charge in [0.2, 0.25) is 0 Å². The van der Waals surface area contributed by atoms with E-state index in [-0.39, 0.29) is 25.2 Å². The first-order chi connectivity index (χ1) is 28.7. The summed E-state index contributed by atoms with van der Waals surface area (Å²) in [7, 11) is -4.73. The highest BCUT2D eigenvalue weighted by Gasteiger charge is 2.56. The molecule has 14 nitrogen and oxygen atoms in total. The second-order valence-corrected chi connectivity index (χ2v) is 18.0. The lowest BCUT2D eigenvalue weighted by Crippen LogP contribution is -2.49. The van der Waals surface area contributed by atoms with Crippen LogP contribution in [0, 0.1) is 16.7 Å². The van der Waals surface area contributed by atoms with E-state index in [1.165, 1.54) is 104 Å². The Balaban J connectivity index is 1.51. The summed E-state index contributed by atoms with van der Waals surface area (Å²) < 4.78 is 42.7. The van der Waals surface area contributed by atoms with Crippen LogP contribution in [0.25, 0.3) is 0 Å². The Labute approximate surface area is 358 Å². The first-order valence-corrected chi connectivity index (χ1v) is 23.8. The summed E-state index contributed by atoms with van der Waals surface area (Å²) in [5, 5.41) is 38.7. The number of nitriles is 1. The normalized spacial score (nSPS) is 21.5. The summed E-state index contributed by atoms with van der Waals surface area (Å²) in [6.07, 6.45) is 17.0. The van der Waals surface area contributed by atoms with E-state index in [0.717, 1.165) is 31.2 Å². The molecule has 0 saturated carbocycles. The van der Waals surface area contributed by atoms with E-state index >= 15 is 0 Å². The minimum absolute atomic E-state index is 0.0521. The Morgan fingerprint density at radius 3 is 2.12 bits per heavy atom. The number of hydrogen-bond donors (Lipinski definition) is 6. The van der Waals surface area contributed by atoms with Gasteiger partial charge in [0.05, 0.1) is 42.8 Å². The van der Waals surface area contributed by atoms with Crippen LogP contribution in [-0.2, 0) is 29.7 Å². The van der Waals surface area contributed by atoms with Crippen LogP contribution >= 0.6 is 7.82 Å². The van der Waals surface area contributed by atoms with E-state index in [9.17, 15) is 24.9 Å². The monoisotopic (exact) mass is 860 g/mol. The molecule has 7 atom stereocenters. The molecule has 1 aromatic heterocycles. The highest BCUT2D eigenvalue weighted by molar-refractivity contribution is 7.47. The van der Waals surface area contributed by atoms with E-state index < -0.39 is 43.9 Å². The van der Waals surface area contributed by atoms with Gasteiger partial charge in [0.15, 0.2) is 0 Å². The average molecular weight is 860 g/mol. The van der Waals surface area contributed by atoms with Gasteiger partial charge in [0.25, 0.3) is 0 Å². The minimum atomic E-state index is -4.73. The summed E-state index contributed by atoms with van der Waals surface area (Å²) in [6, 6.07) is 10.6. The molecule has 3 rings (SSSR count). The summed E-state index contributed by atoms with van der Waals surface area (Å²) in [5.74, 6) is 0.516. The Bertz CT molecular complexity index is 1670. The number of unbranched alkanes of at least 4 members (excludes halogenated alkanes) is 16. The number of hydrogen-bond acceptors (Lipinski definition) is 10. The van der Waals surface area contributed by atoms with E-state index in [0.29, 0.717) is 29.1 Å². The van der Waals surface area contributed by atoms with E-state index in [1.807, 2.05) is 13.8 Å². The van der Waals surface area contributed by atoms with Crippen molar-refractivity contribution in [3.63, 3.8) is 0 Å². The van der Waals surface area contributed by atoms with Crippen molar-refractivity contribution in [1.82, 2.24) is 4.98 Å². The largest absolute Gasteiger partial charge is 0.490 e. The molecule has 1 aliphatic rings. The summed E-state index contributed by atoms with van der Waals surface area (Å²) >= 11 is 0. The zero-order chi connectivity index (χ0) is 44.0. The van der Waals surface area contributed by atoms with Crippen molar-refractivity contribution in [2.75, 3.05) is 6.61 Å². The van der Waals surface area contributed by atoms with Gasteiger partial charge >= 0.3 is 7.82 Å². The van der Waals surface area contributed by atoms with Crippen LogP contribution in [-0.4, -0.2) is 75.0 Å². The third-order valence-electron chi connectivity index (χ3n) is 11.3. The van der Waals surface area contributed by atoms with Crippen LogP contribution in [0.3, 0.4) is 0 Å². The first-order valence-electron chi connectivity index (χ1n) is 22.3. The molecule has 1 aromatic carbocycles. The lowest BCUT2D eigenvalue weighted by molar-refractivity contribution is -0.133. The molecule has 0 radical (unpaired) electrons. The molecule has 1 saturated heterocycles. The SMILES string of the molecule is CCCCCCCCCCCCCCCCCCC[C@H](COP(=O)(O)O[C@@H](C)[C@@]1(C)O[C@@H](c2ccc(/C(N)=N\C=N)[nH]2)[C@H](O)[C@@H]1O)OCc1ccc(C#N)c(OC(C)C)c1. The number of aromatic nitrogens is 1. The maximum atomic E-state index is 13.4. The number of phosphoric acid groups is 1. The lowest BCUT2D eigenvalue weighted by atomic mass is 9.91. The number of rotatable bonds is 32. The number of nitrogens with one attached hydrogen (secondary N) is 2. The zero-order valence-electron chi connectivity index (χ0n) is 36.8. The van der Waals surface area contributed by atoms with Gasteiger partial charge in [-0.15, -0.1) is 0 Å². The van der Waals surface area contributed by atoms with E-state index in [1.54, 1.807) is 30.3 Å². The molecule has 0 spiro atoms. The van der Waals surface area contributed by atoms with Crippen molar-refractivity contribution < 1.29 is 42.9 Å². The fourth-order valence-corrected chi connectivity index (χ4v) is 8.53. The second-order valence-electron chi connectivity index (χ2n) is 16.6. The third kappa shape index (κ3) is 17.3.